The van der Waals surface area contributed by atoms with Gasteiger partial charge >= 0.3 is 0 Å². The molecule has 7 rings (SSSR count). The van der Waals surface area contributed by atoms with Gasteiger partial charge in [-0.1, -0.05) is 53.8 Å². The van der Waals surface area contributed by atoms with Gasteiger partial charge in [-0.05, 0) is 42.8 Å². The van der Waals surface area contributed by atoms with Crippen molar-refractivity contribution in [3.8, 4) is 11.5 Å². The van der Waals surface area contributed by atoms with E-state index in [-0.39, 0.29) is 29.2 Å². The highest BCUT2D eigenvalue weighted by Gasteiger charge is 2.36. The second-order valence-corrected chi connectivity index (χ2v) is 10.4. The van der Waals surface area contributed by atoms with E-state index < -0.39 is 17.6 Å². The molecule has 4 heterocycles. The van der Waals surface area contributed by atoms with Crippen molar-refractivity contribution in [3.63, 3.8) is 0 Å². The zero-order valence-corrected chi connectivity index (χ0v) is 22.0. The molecule has 0 saturated carbocycles. The molecular formula is C29H21N5O5S. The minimum Gasteiger partial charge on any atom is -0.485 e. The second kappa shape index (κ2) is 9.31. The lowest BCUT2D eigenvalue weighted by atomic mass is 10.1. The highest BCUT2D eigenvalue weighted by molar-refractivity contribution is 7.15. The number of ether oxygens (including phenoxy) is 2. The number of carbonyl (C=O) groups excluding carboxylic acids is 2. The SMILES string of the molecule is Cc1cccc(NC(=O)CN2C(=O)C(=c3sc4nc(C5COc6ccccc6O5)nn4c3=O)c3ccccc32)c1. The van der Waals surface area contributed by atoms with Crippen molar-refractivity contribution in [2.24, 2.45) is 0 Å². The minimum atomic E-state index is -0.575. The average molecular weight is 552 g/mol. The zero-order chi connectivity index (χ0) is 27.4. The molecule has 0 bridgehead atoms. The van der Waals surface area contributed by atoms with Crippen LogP contribution in [-0.4, -0.2) is 39.6 Å². The van der Waals surface area contributed by atoms with E-state index >= 15 is 0 Å². The first-order valence-corrected chi connectivity index (χ1v) is 13.4. The number of nitrogens with zero attached hydrogens (tertiary/aromatic N) is 4. The minimum absolute atomic E-state index is 0.202. The van der Waals surface area contributed by atoms with Crippen molar-refractivity contribution in [1.82, 2.24) is 14.6 Å². The van der Waals surface area contributed by atoms with Crippen molar-refractivity contribution in [2.45, 2.75) is 13.0 Å². The topological polar surface area (TPSA) is 115 Å². The van der Waals surface area contributed by atoms with Crippen LogP contribution in [0.25, 0.3) is 10.5 Å². The summed E-state index contributed by atoms with van der Waals surface area (Å²) in [6.45, 7) is 1.94. The van der Waals surface area contributed by atoms with E-state index in [1.54, 1.807) is 36.4 Å². The number of aromatic nitrogens is 3. The van der Waals surface area contributed by atoms with Gasteiger partial charge in [-0.15, -0.1) is 5.10 Å². The molecule has 2 aliphatic rings. The summed E-state index contributed by atoms with van der Waals surface area (Å²) < 4.78 is 13.2. The number of nitrogens with one attached hydrogen (secondary N) is 1. The Labute approximate surface area is 231 Å². The van der Waals surface area contributed by atoms with Crippen molar-refractivity contribution in [2.75, 3.05) is 23.4 Å². The molecule has 0 aliphatic carbocycles. The molecular weight excluding hydrogens is 530 g/mol. The Balaban J connectivity index is 1.22. The number of hydrogen-bond acceptors (Lipinski definition) is 8. The van der Waals surface area contributed by atoms with Gasteiger partial charge in [0.05, 0.1) is 11.3 Å². The first-order valence-electron chi connectivity index (χ1n) is 12.6. The van der Waals surface area contributed by atoms with Crippen LogP contribution in [0.2, 0.25) is 0 Å². The van der Waals surface area contributed by atoms with Crippen LogP contribution in [0.4, 0.5) is 11.4 Å². The second-order valence-electron chi connectivity index (χ2n) is 9.47. The Hall–Kier alpha value is -5.03. The Morgan fingerprint density at radius 1 is 1.05 bits per heavy atom. The number of rotatable bonds is 4. The third-order valence-electron chi connectivity index (χ3n) is 6.72. The molecule has 0 spiro atoms. The Morgan fingerprint density at radius 3 is 2.67 bits per heavy atom. The fourth-order valence-electron chi connectivity index (χ4n) is 4.91. The number of hydrogen-bond donors (Lipinski definition) is 1. The lowest BCUT2D eigenvalue weighted by Gasteiger charge is -2.24. The molecule has 2 aromatic heterocycles. The maximum atomic E-state index is 13.7. The fraction of sp³-hybridized carbons (Fsp3) is 0.138. The van der Waals surface area contributed by atoms with E-state index in [0.717, 1.165) is 16.9 Å². The van der Waals surface area contributed by atoms with Crippen LogP contribution >= 0.6 is 11.3 Å². The number of fused-ring (bicyclic) bond motifs is 3. The van der Waals surface area contributed by atoms with E-state index in [1.807, 2.05) is 43.3 Å². The number of aryl methyl sites for hydroxylation is 1. The first-order chi connectivity index (χ1) is 19.5. The molecule has 1 atom stereocenters. The number of carbonyl (C=O) groups is 2. The van der Waals surface area contributed by atoms with Crippen LogP contribution < -0.4 is 29.8 Å². The van der Waals surface area contributed by atoms with Crippen molar-refractivity contribution >= 4 is 45.1 Å². The summed E-state index contributed by atoms with van der Waals surface area (Å²) in [5.74, 6) is 0.764. The summed E-state index contributed by atoms with van der Waals surface area (Å²) in [5.41, 5.74) is 2.57. The Kier molecular flexibility index (Phi) is 5.60. The molecule has 1 unspecified atom stereocenters. The predicted octanol–water partition coefficient (Wildman–Crippen LogP) is 2.88. The summed E-state index contributed by atoms with van der Waals surface area (Å²) in [7, 11) is 0. The fourth-order valence-corrected chi connectivity index (χ4v) is 5.91. The van der Waals surface area contributed by atoms with Gasteiger partial charge in [-0.25, -0.2) is 0 Å². The summed E-state index contributed by atoms with van der Waals surface area (Å²) in [6, 6.07) is 21.8. The number of thiazole rings is 1. The third kappa shape index (κ3) is 3.98. The summed E-state index contributed by atoms with van der Waals surface area (Å²) in [6.07, 6.45) is -0.575. The third-order valence-corrected chi connectivity index (χ3v) is 7.75. The van der Waals surface area contributed by atoms with Gasteiger partial charge in [0.1, 0.15) is 17.7 Å². The van der Waals surface area contributed by atoms with Crippen LogP contribution in [0, 0.1) is 6.92 Å². The molecule has 3 aromatic carbocycles. The highest BCUT2D eigenvalue weighted by atomic mass is 32.1. The molecule has 11 heteroatoms. The van der Waals surface area contributed by atoms with Gasteiger partial charge in [-0.3, -0.25) is 19.3 Å². The largest absolute Gasteiger partial charge is 0.485 e. The van der Waals surface area contributed by atoms with Crippen molar-refractivity contribution in [3.05, 3.63) is 105 Å². The molecule has 1 N–H and O–H groups in total. The first kappa shape index (κ1) is 24.0. The van der Waals surface area contributed by atoms with E-state index in [2.05, 4.69) is 15.4 Å². The van der Waals surface area contributed by atoms with Gasteiger partial charge in [0.15, 0.2) is 23.4 Å². The van der Waals surface area contributed by atoms with Crippen LogP contribution in [0.3, 0.4) is 0 Å². The maximum absolute atomic E-state index is 13.7. The van der Waals surface area contributed by atoms with Crippen LogP contribution in [0.5, 0.6) is 11.5 Å². The van der Waals surface area contributed by atoms with Gasteiger partial charge in [0.25, 0.3) is 11.5 Å². The van der Waals surface area contributed by atoms with Gasteiger partial charge in [-0.2, -0.15) is 9.50 Å². The standard InChI is InChI=1S/C29H21N5O5S/c1-16-7-6-8-17(13-16)30-23(35)14-33-19-10-3-2-9-18(19)24(27(33)36)25-28(37)34-29(40-25)31-26(32-34)22-15-38-20-11-4-5-12-21(20)39-22/h2-13,22H,14-15H2,1H3,(H,30,35). The number of benzene rings is 3. The van der Waals surface area contributed by atoms with Crippen LogP contribution in [-0.2, 0) is 9.59 Å². The summed E-state index contributed by atoms with van der Waals surface area (Å²) in [4.78, 5) is 46.3. The van der Waals surface area contributed by atoms with Gasteiger partial charge < -0.3 is 14.8 Å². The highest BCUT2D eigenvalue weighted by Crippen LogP contribution is 2.36. The number of anilines is 2. The van der Waals surface area contributed by atoms with Crippen LogP contribution in [0.1, 0.15) is 23.1 Å². The quantitative estimate of drug-likeness (QED) is 0.365. The van der Waals surface area contributed by atoms with Gasteiger partial charge in [0.2, 0.25) is 10.9 Å². The van der Waals surface area contributed by atoms with Crippen LogP contribution in [0.15, 0.2) is 77.6 Å². The number of para-hydroxylation sites is 3. The lowest BCUT2D eigenvalue weighted by Crippen LogP contribution is -2.37. The van der Waals surface area contributed by atoms with Crippen molar-refractivity contribution in [1.29, 1.82) is 0 Å². The predicted molar refractivity (Wildman–Crippen MR) is 149 cm³/mol. The maximum Gasteiger partial charge on any atom is 0.291 e. The molecule has 0 fully saturated rings. The Bertz CT molecular complexity index is 1950. The monoisotopic (exact) mass is 551 g/mol. The molecule has 198 valence electrons. The normalized spacial score (nSPS) is 17.3. The smallest absolute Gasteiger partial charge is 0.291 e. The molecule has 2 amide bonds. The molecule has 10 nitrogen and oxygen atoms in total. The van der Waals surface area contributed by atoms with E-state index in [9.17, 15) is 14.4 Å². The van der Waals surface area contributed by atoms with Crippen molar-refractivity contribution < 1.29 is 19.1 Å². The van der Waals surface area contributed by atoms with E-state index in [0.29, 0.717) is 39.2 Å². The zero-order valence-electron chi connectivity index (χ0n) is 21.2. The van der Waals surface area contributed by atoms with E-state index in [1.165, 1.54) is 9.42 Å². The Morgan fingerprint density at radius 2 is 1.85 bits per heavy atom. The molecule has 0 radical (unpaired) electrons. The molecule has 40 heavy (non-hydrogen) atoms. The van der Waals surface area contributed by atoms with E-state index in [4.69, 9.17) is 9.47 Å². The summed E-state index contributed by atoms with van der Waals surface area (Å²) in [5, 5.41) is 7.24. The van der Waals surface area contributed by atoms with Gasteiger partial charge in [0, 0.05) is 11.3 Å². The summed E-state index contributed by atoms with van der Waals surface area (Å²) >= 11 is 1.08. The lowest BCUT2D eigenvalue weighted by molar-refractivity contribution is -0.118. The molecule has 0 saturated heterocycles. The average Bonchev–Trinajstić information content (AvgIpc) is 3.59. The molecule has 5 aromatic rings. The number of amides is 2. The molecule has 2 aliphatic heterocycles.